The first-order valence-corrected chi connectivity index (χ1v) is 8.44. The fourth-order valence-corrected chi connectivity index (χ4v) is 3.43. The number of Topliss-reactive ketones (excluding diaryl/α,β-unsaturated/α-hetero) is 1. The maximum atomic E-state index is 12.9. The zero-order chi connectivity index (χ0) is 18.3. The summed E-state index contributed by atoms with van der Waals surface area (Å²) in [5.74, 6) is -12.0. The lowest BCUT2D eigenvalue weighted by Crippen LogP contribution is -2.71. The highest BCUT2D eigenvalue weighted by Crippen LogP contribution is 2.23. The van der Waals surface area contributed by atoms with Crippen LogP contribution in [0.25, 0.3) is 0 Å². The van der Waals surface area contributed by atoms with Crippen molar-refractivity contribution in [2.75, 3.05) is 45.3 Å². The third kappa shape index (κ3) is 3.56. The molecular formula is C14H14BrF5N4O. The van der Waals surface area contributed by atoms with Crippen LogP contribution in [0.4, 0.5) is 22.0 Å². The minimum Gasteiger partial charge on any atom is -0.293 e. The van der Waals surface area contributed by atoms with Gasteiger partial charge >= 0.3 is 0 Å². The van der Waals surface area contributed by atoms with Crippen molar-refractivity contribution in [3.63, 3.8) is 0 Å². The summed E-state index contributed by atoms with van der Waals surface area (Å²) in [5, 5.41) is -0.536. The molecule has 1 aromatic carbocycles. The SMILES string of the molecule is C1N2CN3CN1CN(C2)C3.O=C(CBr)c1c(F)c(F)c(F)c(F)c1F. The molecule has 4 bridgehead atoms. The molecule has 25 heavy (non-hydrogen) atoms. The third-order valence-electron chi connectivity index (χ3n) is 4.01. The standard InChI is InChI=1S/C8H2BrF5O.C6H12N4/c9-1-2(15)3-4(10)6(12)8(14)7(13)5(3)11;1-7-2-9-4-8(1)5-10(3-7)6-9/h1H2;1-6H2. The summed E-state index contributed by atoms with van der Waals surface area (Å²) >= 11 is 2.57. The molecule has 0 unspecified atom stereocenters. The summed E-state index contributed by atoms with van der Waals surface area (Å²) in [6, 6.07) is 0. The van der Waals surface area contributed by atoms with Gasteiger partial charge in [0.15, 0.2) is 29.1 Å². The number of carbonyl (C=O) groups is 1. The molecule has 0 spiro atoms. The van der Waals surface area contributed by atoms with Crippen LogP contribution in [0.1, 0.15) is 10.4 Å². The van der Waals surface area contributed by atoms with Crippen LogP contribution in [0.15, 0.2) is 0 Å². The van der Waals surface area contributed by atoms with Crippen molar-refractivity contribution in [3.05, 3.63) is 34.6 Å². The average Bonchev–Trinajstić information content (AvgIpc) is 2.57. The fourth-order valence-electron chi connectivity index (χ4n) is 3.15. The monoisotopic (exact) mass is 428 g/mol. The van der Waals surface area contributed by atoms with Crippen molar-refractivity contribution in [3.8, 4) is 0 Å². The Hall–Kier alpha value is -1.14. The van der Waals surface area contributed by atoms with E-state index in [2.05, 4.69) is 35.5 Å². The van der Waals surface area contributed by atoms with Crippen molar-refractivity contribution in [2.24, 2.45) is 0 Å². The van der Waals surface area contributed by atoms with E-state index in [0.717, 1.165) is 0 Å². The number of rotatable bonds is 2. The van der Waals surface area contributed by atoms with Crippen molar-refractivity contribution >= 4 is 21.7 Å². The molecular weight excluding hydrogens is 415 g/mol. The first-order chi connectivity index (χ1) is 11.8. The van der Waals surface area contributed by atoms with Crippen LogP contribution in [-0.2, 0) is 0 Å². The lowest BCUT2D eigenvalue weighted by atomic mass is 10.1. The predicted molar refractivity (Wildman–Crippen MR) is 80.9 cm³/mol. The molecule has 4 aliphatic rings. The highest BCUT2D eigenvalue weighted by Gasteiger charge is 2.36. The molecule has 0 N–H and O–H groups in total. The summed E-state index contributed by atoms with van der Waals surface area (Å²) in [6.45, 7) is 7.12. The molecule has 0 aliphatic carbocycles. The maximum Gasteiger partial charge on any atom is 0.200 e. The number of nitrogens with zero attached hydrogens (tertiary/aromatic N) is 4. The number of carbonyl (C=O) groups excluding carboxylic acids is 1. The van der Waals surface area contributed by atoms with Crippen LogP contribution >= 0.6 is 15.9 Å². The van der Waals surface area contributed by atoms with E-state index in [1.54, 1.807) is 0 Å². The van der Waals surface area contributed by atoms with Gasteiger partial charge in [-0.2, -0.15) is 0 Å². The van der Waals surface area contributed by atoms with Crippen LogP contribution in [0.2, 0.25) is 0 Å². The quantitative estimate of drug-likeness (QED) is 0.236. The van der Waals surface area contributed by atoms with Crippen LogP contribution in [0, 0.1) is 29.1 Å². The van der Waals surface area contributed by atoms with E-state index in [9.17, 15) is 26.7 Å². The van der Waals surface area contributed by atoms with Gasteiger partial charge in [0.1, 0.15) is 0 Å². The minimum absolute atomic E-state index is 0.536. The van der Waals surface area contributed by atoms with E-state index in [0.29, 0.717) is 0 Å². The van der Waals surface area contributed by atoms with Gasteiger partial charge in [-0.1, -0.05) is 15.9 Å². The summed E-state index contributed by atoms with van der Waals surface area (Å²) in [5.41, 5.74) is -1.43. The Bertz CT molecular complexity index is 619. The Morgan fingerprint density at radius 1 is 0.680 bits per heavy atom. The van der Waals surface area contributed by atoms with Gasteiger partial charge in [-0.3, -0.25) is 24.4 Å². The first kappa shape index (κ1) is 18.6. The lowest BCUT2D eigenvalue weighted by molar-refractivity contribution is -0.194. The summed E-state index contributed by atoms with van der Waals surface area (Å²) in [4.78, 5) is 20.8. The Balaban J connectivity index is 0.000000155. The van der Waals surface area contributed by atoms with Crippen molar-refractivity contribution in [1.29, 1.82) is 0 Å². The lowest BCUT2D eigenvalue weighted by Gasteiger charge is -2.56. The molecule has 0 saturated carbocycles. The number of benzene rings is 1. The van der Waals surface area contributed by atoms with Crippen LogP contribution < -0.4 is 0 Å². The van der Waals surface area contributed by atoms with Gasteiger partial charge in [0.05, 0.1) is 50.9 Å². The molecule has 4 fully saturated rings. The van der Waals surface area contributed by atoms with E-state index in [4.69, 9.17) is 0 Å². The molecule has 4 saturated heterocycles. The van der Waals surface area contributed by atoms with Crippen molar-refractivity contribution in [2.45, 2.75) is 0 Å². The highest BCUT2D eigenvalue weighted by atomic mass is 79.9. The Morgan fingerprint density at radius 2 is 0.960 bits per heavy atom. The summed E-state index contributed by atoms with van der Waals surface area (Å²) in [7, 11) is 0. The van der Waals surface area contributed by atoms with Crippen LogP contribution in [0.5, 0.6) is 0 Å². The van der Waals surface area contributed by atoms with E-state index in [1.165, 1.54) is 40.0 Å². The molecule has 138 valence electrons. The van der Waals surface area contributed by atoms with Crippen molar-refractivity contribution in [1.82, 2.24) is 19.6 Å². The van der Waals surface area contributed by atoms with E-state index in [1.807, 2.05) is 0 Å². The number of halogens is 6. The zero-order valence-electron chi connectivity index (χ0n) is 12.9. The fraction of sp³-hybridized carbons (Fsp3) is 0.500. The zero-order valence-corrected chi connectivity index (χ0v) is 14.5. The number of ketones is 1. The third-order valence-corrected chi connectivity index (χ3v) is 4.52. The first-order valence-electron chi connectivity index (χ1n) is 7.31. The molecule has 5 rings (SSSR count). The number of hydrogen-bond donors (Lipinski definition) is 0. The van der Waals surface area contributed by atoms with Gasteiger partial charge in [-0.15, -0.1) is 0 Å². The Kier molecular flexibility index (Phi) is 5.40. The van der Waals surface area contributed by atoms with E-state index in [-0.39, 0.29) is 0 Å². The van der Waals surface area contributed by atoms with Gasteiger partial charge in [0, 0.05) is 0 Å². The predicted octanol–water partition coefficient (Wildman–Crippen LogP) is 1.94. The molecule has 0 radical (unpaired) electrons. The van der Waals surface area contributed by atoms with E-state index >= 15 is 0 Å². The normalized spacial score (nSPS) is 29.4. The summed E-state index contributed by atoms with van der Waals surface area (Å²) < 4.78 is 63.4. The summed E-state index contributed by atoms with van der Waals surface area (Å²) in [6.07, 6.45) is 0. The smallest absolute Gasteiger partial charge is 0.200 e. The van der Waals surface area contributed by atoms with Gasteiger partial charge in [-0.25, -0.2) is 22.0 Å². The Labute approximate surface area is 148 Å². The van der Waals surface area contributed by atoms with Crippen molar-refractivity contribution < 1.29 is 26.7 Å². The topological polar surface area (TPSA) is 30.0 Å². The molecule has 0 aromatic heterocycles. The molecule has 4 aliphatic heterocycles. The average molecular weight is 429 g/mol. The van der Waals surface area contributed by atoms with E-state index < -0.39 is 45.8 Å². The van der Waals surface area contributed by atoms with Gasteiger partial charge in [-0.05, 0) is 0 Å². The van der Waals surface area contributed by atoms with Gasteiger partial charge in [0.25, 0.3) is 0 Å². The second-order valence-electron chi connectivity index (χ2n) is 6.03. The van der Waals surface area contributed by atoms with Gasteiger partial charge < -0.3 is 0 Å². The molecule has 0 amide bonds. The van der Waals surface area contributed by atoms with Gasteiger partial charge in [0.2, 0.25) is 5.82 Å². The second kappa shape index (κ2) is 7.23. The highest BCUT2D eigenvalue weighted by molar-refractivity contribution is 9.09. The Morgan fingerprint density at radius 3 is 1.24 bits per heavy atom. The molecule has 4 heterocycles. The maximum absolute atomic E-state index is 12.9. The van der Waals surface area contributed by atoms with Crippen LogP contribution in [-0.4, -0.2) is 70.7 Å². The molecule has 11 heteroatoms. The molecule has 1 aromatic rings. The number of hydrogen-bond acceptors (Lipinski definition) is 5. The largest absolute Gasteiger partial charge is 0.293 e. The van der Waals surface area contributed by atoms with Crippen LogP contribution in [0.3, 0.4) is 0 Å². The molecule has 0 atom stereocenters. The second-order valence-corrected chi connectivity index (χ2v) is 6.59. The number of alkyl halides is 1. The minimum atomic E-state index is -2.28. The molecule has 5 nitrogen and oxygen atoms in total.